The van der Waals surface area contributed by atoms with Gasteiger partial charge in [0.1, 0.15) is 5.75 Å². The van der Waals surface area contributed by atoms with Crippen molar-refractivity contribution >= 4 is 17.7 Å². The molecular formula is C25H32N2O6. The van der Waals surface area contributed by atoms with E-state index in [1.54, 1.807) is 50.3 Å². The Morgan fingerprint density at radius 3 is 2.45 bits per heavy atom. The largest absolute Gasteiger partial charge is 0.494 e. The van der Waals surface area contributed by atoms with Gasteiger partial charge in [0, 0.05) is 30.1 Å². The van der Waals surface area contributed by atoms with Gasteiger partial charge in [-0.2, -0.15) is 0 Å². The summed E-state index contributed by atoms with van der Waals surface area (Å²) in [5.41, 5.74) is 2.12. The molecule has 0 spiro atoms. The average Bonchev–Trinajstić information content (AvgIpc) is 2.81. The first-order chi connectivity index (χ1) is 15.9. The highest BCUT2D eigenvalue weighted by atomic mass is 16.6. The predicted octanol–water partition coefficient (Wildman–Crippen LogP) is 4.37. The summed E-state index contributed by atoms with van der Waals surface area (Å²) >= 11 is 0. The molecule has 1 N–H and O–H groups in total. The van der Waals surface area contributed by atoms with Crippen molar-refractivity contribution in [2.75, 3.05) is 38.9 Å². The lowest BCUT2D eigenvalue weighted by Gasteiger charge is -2.39. The molecule has 33 heavy (non-hydrogen) atoms. The third-order valence-corrected chi connectivity index (χ3v) is 5.68. The van der Waals surface area contributed by atoms with Crippen molar-refractivity contribution < 1.29 is 28.5 Å². The molecule has 0 aromatic heterocycles. The van der Waals surface area contributed by atoms with Crippen molar-refractivity contribution in [3.05, 3.63) is 47.5 Å². The third-order valence-electron chi connectivity index (χ3n) is 5.68. The van der Waals surface area contributed by atoms with Gasteiger partial charge in [0.2, 0.25) is 0 Å². The predicted molar refractivity (Wildman–Crippen MR) is 126 cm³/mol. The molecule has 2 aromatic rings. The molecule has 0 radical (unpaired) electrons. The molecule has 2 unspecified atom stereocenters. The van der Waals surface area contributed by atoms with Crippen molar-refractivity contribution in [2.24, 2.45) is 0 Å². The van der Waals surface area contributed by atoms with Crippen LogP contribution < -0.4 is 24.4 Å². The second-order valence-corrected chi connectivity index (χ2v) is 7.79. The second kappa shape index (κ2) is 10.9. The molecular weight excluding hydrogens is 424 g/mol. The van der Waals surface area contributed by atoms with Crippen molar-refractivity contribution in [2.45, 2.75) is 39.2 Å². The van der Waals surface area contributed by atoms with Crippen molar-refractivity contribution in [3.63, 3.8) is 0 Å². The Kier molecular flexibility index (Phi) is 8.03. The standard InChI is InChI=1S/C25H32N2O6/c1-6-32-19-10-8-9-17(12-19)24(28)26-15-18-11-16(3)27(25(29)33-7-2)21-14-23(31-5)22(30-4)13-20(18)21/h8-10,12-14,16,18H,6-7,11,15H2,1-5H3,(H,26,28). The van der Waals surface area contributed by atoms with E-state index in [2.05, 4.69) is 5.32 Å². The van der Waals surface area contributed by atoms with E-state index in [4.69, 9.17) is 18.9 Å². The van der Waals surface area contributed by atoms with Gasteiger partial charge < -0.3 is 24.3 Å². The van der Waals surface area contributed by atoms with Gasteiger partial charge in [-0.3, -0.25) is 9.69 Å². The molecule has 8 nitrogen and oxygen atoms in total. The summed E-state index contributed by atoms with van der Waals surface area (Å²) in [5, 5.41) is 3.03. The van der Waals surface area contributed by atoms with Gasteiger partial charge in [0.25, 0.3) is 5.91 Å². The summed E-state index contributed by atoms with van der Waals surface area (Å²) < 4.78 is 21.7. The van der Waals surface area contributed by atoms with Crippen LogP contribution in [0.1, 0.15) is 49.0 Å². The lowest BCUT2D eigenvalue weighted by molar-refractivity contribution is 0.0949. The average molecular weight is 457 g/mol. The maximum absolute atomic E-state index is 12.8. The molecule has 0 saturated heterocycles. The fourth-order valence-electron chi connectivity index (χ4n) is 4.18. The highest BCUT2D eigenvalue weighted by Gasteiger charge is 2.36. The summed E-state index contributed by atoms with van der Waals surface area (Å²) in [4.78, 5) is 27.2. The normalized spacial score (nSPS) is 17.1. The number of rotatable bonds is 8. The number of amides is 2. The van der Waals surface area contributed by atoms with Crippen LogP contribution in [0.3, 0.4) is 0 Å². The van der Waals surface area contributed by atoms with Crippen LogP contribution in [0.15, 0.2) is 36.4 Å². The Morgan fingerprint density at radius 1 is 1.06 bits per heavy atom. The first-order valence-electron chi connectivity index (χ1n) is 11.2. The maximum atomic E-state index is 12.8. The number of hydrogen-bond acceptors (Lipinski definition) is 6. The van der Waals surface area contributed by atoms with Crippen molar-refractivity contribution in [3.8, 4) is 17.2 Å². The molecule has 2 aromatic carbocycles. The van der Waals surface area contributed by atoms with Gasteiger partial charge in [-0.05, 0) is 57.0 Å². The second-order valence-electron chi connectivity index (χ2n) is 7.79. The number of fused-ring (bicyclic) bond motifs is 1. The number of methoxy groups -OCH3 is 2. The number of carbonyl (C=O) groups excluding carboxylic acids is 2. The highest BCUT2D eigenvalue weighted by molar-refractivity contribution is 5.95. The summed E-state index contributed by atoms with van der Waals surface area (Å²) in [6.07, 6.45) is 0.245. The number of carbonyl (C=O) groups is 2. The Morgan fingerprint density at radius 2 is 1.79 bits per heavy atom. The van der Waals surface area contributed by atoms with Crippen LogP contribution in [-0.4, -0.2) is 52.0 Å². The van der Waals surface area contributed by atoms with Crippen molar-refractivity contribution in [1.29, 1.82) is 0 Å². The molecule has 1 aliphatic rings. The molecule has 8 heteroatoms. The molecule has 1 heterocycles. The van der Waals surface area contributed by atoms with E-state index < -0.39 is 6.09 Å². The monoisotopic (exact) mass is 456 g/mol. The van der Waals surface area contributed by atoms with E-state index in [0.29, 0.717) is 48.1 Å². The van der Waals surface area contributed by atoms with Crippen LogP contribution in [0.5, 0.6) is 17.2 Å². The lowest BCUT2D eigenvalue weighted by atomic mass is 9.85. The highest BCUT2D eigenvalue weighted by Crippen LogP contribution is 2.44. The fourth-order valence-corrected chi connectivity index (χ4v) is 4.18. The molecule has 0 fully saturated rings. The first-order valence-corrected chi connectivity index (χ1v) is 11.2. The zero-order chi connectivity index (χ0) is 24.0. The lowest BCUT2D eigenvalue weighted by Crippen LogP contribution is -2.45. The van der Waals surface area contributed by atoms with E-state index in [-0.39, 0.29) is 24.5 Å². The molecule has 178 valence electrons. The summed E-state index contributed by atoms with van der Waals surface area (Å²) in [5.74, 6) is 1.53. The Bertz CT molecular complexity index is 993. The van der Waals surface area contributed by atoms with Gasteiger partial charge >= 0.3 is 6.09 Å². The van der Waals surface area contributed by atoms with Gasteiger partial charge in [-0.15, -0.1) is 0 Å². The van der Waals surface area contributed by atoms with E-state index in [9.17, 15) is 9.59 Å². The van der Waals surface area contributed by atoms with Crippen molar-refractivity contribution in [1.82, 2.24) is 5.32 Å². The molecule has 3 rings (SSSR count). The minimum absolute atomic E-state index is 0.0282. The number of benzene rings is 2. The molecule has 0 saturated carbocycles. The number of ether oxygens (including phenoxy) is 4. The van der Waals surface area contributed by atoms with Crippen LogP contribution in [0.25, 0.3) is 0 Å². The zero-order valence-electron chi connectivity index (χ0n) is 19.8. The van der Waals surface area contributed by atoms with Crippen LogP contribution >= 0.6 is 0 Å². The minimum atomic E-state index is -0.409. The molecule has 0 bridgehead atoms. The topological polar surface area (TPSA) is 86.3 Å². The van der Waals surface area contributed by atoms with Crippen LogP contribution in [0.2, 0.25) is 0 Å². The molecule has 2 atom stereocenters. The van der Waals surface area contributed by atoms with Crippen LogP contribution in [0, 0.1) is 0 Å². The zero-order valence-corrected chi connectivity index (χ0v) is 19.8. The number of nitrogens with one attached hydrogen (secondary N) is 1. The van der Waals surface area contributed by atoms with E-state index in [1.165, 1.54) is 0 Å². The Labute approximate surface area is 194 Å². The molecule has 0 aliphatic carbocycles. The SMILES string of the molecule is CCOC(=O)N1c2cc(OC)c(OC)cc2C(CNC(=O)c2cccc(OCC)c2)CC1C. The Balaban J connectivity index is 1.88. The smallest absolute Gasteiger partial charge is 0.414 e. The number of hydrogen-bond donors (Lipinski definition) is 1. The molecule has 1 aliphatic heterocycles. The third kappa shape index (κ3) is 5.32. The van der Waals surface area contributed by atoms with E-state index in [1.807, 2.05) is 26.0 Å². The van der Waals surface area contributed by atoms with E-state index in [0.717, 1.165) is 5.56 Å². The number of anilines is 1. The van der Waals surface area contributed by atoms with Gasteiger partial charge in [0.05, 0.1) is 33.1 Å². The summed E-state index contributed by atoms with van der Waals surface area (Å²) in [6.45, 7) is 6.87. The number of nitrogens with zero attached hydrogens (tertiary/aromatic N) is 1. The molecule has 2 amide bonds. The van der Waals surface area contributed by atoms with Gasteiger partial charge in [-0.1, -0.05) is 6.07 Å². The van der Waals surface area contributed by atoms with Crippen LogP contribution in [-0.2, 0) is 4.74 Å². The quantitative estimate of drug-likeness (QED) is 0.635. The fraction of sp³-hybridized carbons (Fsp3) is 0.440. The first kappa shape index (κ1) is 24.2. The van der Waals surface area contributed by atoms with E-state index >= 15 is 0 Å². The van der Waals surface area contributed by atoms with Gasteiger partial charge in [0.15, 0.2) is 11.5 Å². The maximum Gasteiger partial charge on any atom is 0.414 e. The summed E-state index contributed by atoms with van der Waals surface area (Å²) in [6, 6.07) is 10.6. The van der Waals surface area contributed by atoms with Gasteiger partial charge in [-0.25, -0.2) is 4.79 Å². The Hall–Kier alpha value is -3.42. The summed E-state index contributed by atoms with van der Waals surface area (Å²) in [7, 11) is 3.13. The van der Waals surface area contributed by atoms with Crippen LogP contribution in [0.4, 0.5) is 10.5 Å². The minimum Gasteiger partial charge on any atom is -0.494 e.